The second kappa shape index (κ2) is 16.9. The summed E-state index contributed by atoms with van der Waals surface area (Å²) in [7, 11) is 2.18. The lowest BCUT2D eigenvalue weighted by Crippen LogP contribution is -2.47. The van der Waals surface area contributed by atoms with E-state index in [0.717, 1.165) is 112 Å². The molecule has 52 heavy (non-hydrogen) atoms. The minimum absolute atomic E-state index is 0.0809. The van der Waals surface area contributed by atoms with Gasteiger partial charge < -0.3 is 30.1 Å². The number of hydrogen-bond acceptors (Lipinski definition) is 9. The van der Waals surface area contributed by atoms with Crippen molar-refractivity contribution in [2.24, 2.45) is 4.99 Å². The lowest BCUT2D eigenvalue weighted by atomic mass is 10.0. The van der Waals surface area contributed by atoms with Crippen LogP contribution in [0.3, 0.4) is 0 Å². The number of anilines is 4. The van der Waals surface area contributed by atoms with Crippen molar-refractivity contribution in [3.63, 3.8) is 0 Å². The van der Waals surface area contributed by atoms with Gasteiger partial charge in [-0.05, 0) is 81.7 Å². The summed E-state index contributed by atoms with van der Waals surface area (Å²) in [5.74, 6) is 2.02. The van der Waals surface area contributed by atoms with Gasteiger partial charge in [0.25, 0.3) is 0 Å². The van der Waals surface area contributed by atoms with Gasteiger partial charge in [-0.15, -0.1) is 11.3 Å². The highest BCUT2D eigenvalue weighted by atomic mass is 35.5. The zero-order valence-electron chi connectivity index (χ0n) is 30.0. The van der Waals surface area contributed by atoms with Gasteiger partial charge in [-0.3, -0.25) is 9.69 Å². The van der Waals surface area contributed by atoms with Crippen LogP contribution in [0.25, 0.3) is 0 Å². The first-order valence-corrected chi connectivity index (χ1v) is 19.8. The number of aliphatic imine (C=N–C) groups is 1. The number of rotatable bonds is 7. The number of amidine groups is 1. The number of benzene rings is 3. The fourth-order valence-corrected chi connectivity index (χ4v) is 8.36. The van der Waals surface area contributed by atoms with Gasteiger partial charge in [0.05, 0.1) is 39.3 Å². The quantitative estimate of drug-likeness (QED) is 0.184. The molecular weight excluding hydrogens is 713 g/mol. The Morgan fingerprint density at radius 1 is 0.827 bits per heavy atom. The van der Waals surface area contributed by atoms with Crippen molar-refractivity contribution >= 4 is 74.0 Å². The summed E-state index contributed by atoms with van der Waals surface area (Å²) in [6.45, 7) is 12.1. The predicted molar refractivity (Wildman–Crippen MR) is 217 cm³/mol. The van der Waals surface area contributed by atoms with Crippen LogP contribution in [0.15, 0.2) is 71.7 Å². The largest absolute Gasteiger partial charge is 0.494 e. The molecule has 4 aromatic rings. The Morgan fingerprint density at radius 3 is 2.44 bits per heavy atom. The second-order valence-electron chi connectivity index (χ2n) is 13.8. The minimum atomic E-state index is 0.0809. The van der Waals surface area contributed by atoms with Gasteiger partial charge in [0.15, 0.2) is 0 Å². The van der Waals surface area contributed by atoms with Gasteiger partial charge in [0.1, 0.15) is 16.6 Å². The highest BCUT2D eigenvalue weighted by Crippen LogP contribution is 2.39. The maximum atomic E-state index is 11.5. The van der Waals surface area contributed by atoms with E-state index in [2.05, 4.69) is 80.6 Å². The number of piperazine rings is 2. The number of para-hydroxylation sites is 2. The molecular formula is C40H47Cl2N7O2S. The summed E-state index contributed by atoms with van der Waals surface area (Å²) < 4.78 is 5.89. The third-order valence-electron chi connectivity index (χ3n) is 10.0. The zero-order valence-corrected chi connectivity index (χ0v) is 32.3. The first-order chi connectivity index (χ1) is 25.3. The molecule has 2 saturated heterocycles. The number of nitrogens with zero attached hydrogens (tertiary/aromatic N) is 5. The standard InChI is InChI=1S/C23H27Cl2N3O2.C17H20N4S/c24-19-4-3-5-21(23(19)25)28-13-11-27(12-14-28)10-1-2-15-30-18-8-6-17-7-9-22(29)26-20(17)16-18;1-12-11-13-16(21-9-7-20(2)8-10-21)18-14-5-3-4-6-15(14)19-17(13)22-12/h3-6,8,16H,1-2,7,9-15H2,(H,26,29);3-6,11,19H,7-10H2,1-2H3. The second-order valence-corrected chi connectivity index (χ2v) is 15.8. The lowest BCUT2D eigenvalue weighted by Gasteiger charge is -2.36. The number of ether oxygens (including phenoxy) is 1. The molecule has 274 valence electrons. The average molecular weight is 761 g/mol. The Kier molecular flexibility index (Phi) is 11.9. The molecule has 0 radical (unpaired) electrons. The van der Waals surface area contributed by atoms with Gasteiger partial charge in [0, 0.05) is 75.4 Å². The van der Waals surface area contributed by atoms with Gasteiger partial charge >= 0.3 is 0 Å². The topological polar surface area (TPSA) is 75.7 Å². The van der Waals surface area contributed by atoms with E-state index in [0.29, 0.717) is 23.1 Å². The molecule has 2 fully saturated rings. The summed E-state index contributed by atoms with van der Waals surface area (Å²) >= 11 is 14.3. The number of amides is 1. The fourth-order valence-electron chi connectivity index (χ4n) is 7.02. The maximum absolute atomic E-state index is 11.5. The van der Waals surface area contributed by atoms with Crippen LogP contribution in [-0.4, -0.2) is 99.0 Å². The highest BCUT2D eigenvalue weighted by Gasteiger charge is 2.25. The highest BCUT2D eigenvalue weighted by molar-refractivity contribution is 7.16. The molecule has 1 aromatic heterocycles. The van der Waals surface area contributed by atoms with Crippen molar-refractivity contribution in [2.45, 2.75) is 32.6 Å². The molecule has 0 spiro atoms. The SMILES string of the molecule is Cc1cc2c(s1)Nc1ccccc1N=C2N1CCN(C)CC1.O=C1CCc2ccc(OCCCCN3CCN(c4cccc(Cl)c4Cl)CC3)cc2N1. The molecule has 1 amide bonds. The van der Waals surface area contributed by atoms with Crippen LogP contribution in [-0.2, 0) is 11.2 Å². The molecule has 0 atom stereocenters. The fraction of sp³-hybridized carbons (Fsp3) is 0.400. The zero-order chi connectivity index (χ0) is 36.0. The number of aryl methyl sites for hydroxylation is 2. The van der Waals surface area contributed by atoms with E-state index in [9.17, 15) is 4.79 Å². The summed E-state index contributed by atoms with van der Waals surface area (Å²) in [5, 5.41) is 8.95. The van der Waals surface area contributed by atoms with Crippen LogP contribution < -0.4 is 20.3 Å². The summed E-state index contributed by atoms with van der Waals surface area (Å²) in [6, 6.07) is 22.4. The minimum Gasteiger partial charge on any atom is -0.494 e. The Morgan fingerprint density at radius 2 is 1.62 bits per heavy atom. The number of likely N-dealkylation sites (N-methyl/N-ethyl adjacent to an activating group) is 1. The van der Waals surface area contributed by atoms with Crippen molar-refractivity contribution in [1.29, 1.82) is 0 Å². The Bertz CT molecular complexity index is 1900. The van der Waals surface area contributed by atoms with E-state index in [1.165, 1.54) is 21.0 Å². The molecule has 12 heteroatoms. The van der Waals surface area contributed by atoms with Crippen molar-refractivity contribution in [3.8, 4) is 5.75 Å². The maximum Gasteiger partial charge on any atom is 0.224 e. The third-order valence-corrected chi connectivity index (χ3v) is 11.8. The monoisotopic (exact) mass is 759 g/mol. The average Bonchev–Trinajstić information content (AvgIpc) is 3.44. The third kappa shape index (κ3) is 8.86. The molecule has 0 saturated carbocycles. The molecule has 0 bridgehead atoms. The van der Waals surface area contributed by atoms with E-state index in [-0.39, 0.29) is 5.91 Å². The number of halogens is 2. The van der Waals surface area contributed by atoms with Gasteiger partial charge in [-0.2, -0.15) is 0 Å². The summed E-state index contributed by atoms with van der Waals surface area (Å²) in [6.07, 6.45) is 3.47. The van der Waals surface area contributed by atoms with E-state index in [1.807, 2.05) is 30.3 Å². The number of unbranched alkanes of at least 4 members (excludes halogenated alkanes) is 1. The Balaban J connectivity index is 0.000000169. The molecule has 2 N–H and O–H groups in total. The molecule has 0 unspecified atom stereocenters. The van der Waals surface area contributed by atoms with Crippen molar-refractivity contribution in [2.75, 3.05) is 88.1 Å². The number of carbonyl (C=O) groups excluding carboxylic acids is 1. The predicted octanol–water partition coefficient (Wildman–Crippen LogP) is 8.30. The van der Waals surface area contributed by atoms with Gasteiger partial charge in [-0.1, -0.05) is 47.5 Å². The molecule has 4 aliphatic rings. The molecule has 5 heterocycles. The van der Waals surface area contributed by atoms with Crippen LogP contribution in [0.1, 0.15) is 35.3 Å². The number of nitrogens with one attached hydrogen (secondary N) is 2. The number of thiophene rings is 1. The lowest BCUT2D eigenvalue weighted by molar-refractivity contribution is -0.116. The van der Waals surface area contributed by atoms with E-state index in [1.54, 1.807) is 11.3 Å². The summed E-state index contributed by atoms with van der Waals surface area (Å²) in [4.78, 5) is 27.5. The van der Waals surface area contributed by atoms with Crippen LogP contribution in [0.2, 0.25) is 10.0 Å². The van der Waals surface area contributed by atoms with Crippen LogP contribution in [0.4, 0.5) is 27.8 Å². The van der Waals surface area contributed by atoms with Crippen LogP contribution in [0.5, 0.6) is 5.75 Å². The molecule has 8 rings (SSSR count). The molecule has 0 aliphatic carbocycles. The van der Waals surface area contributed by atoms with Gasteiger partial charge in [0.2, 0.25) is 5.91 Å². The first kappa shape index (κ1) is 36.6. The van der Waals surface area contributed by atoms with Gasteiger partial charge in [-0.25, -0.2) is 4.99 Å². The molecule has 3 aromatic carbocycles. The summed E-state index contributed by atoms with van der Waals surface area (Å²) in [5.41, 5.74) is 6.45. The van der Waals surface area contributed by atoms with Crippen molar-refractivity contribution < 1.29 is 9.53 Å². The number of hydrogen-bond donors (Lipinski definition) is 2. The van der Waals surface area contributed by atoms with Crippen molar-refractivity contribution in [3.05, 3.63) is 92.8 Å². The Hall–Kier alpha value is -3.80. The Labute approximate surface area is 321 Å². The first-order valence-electron chi connectivity index (χ1n) is 18.3. The van der Waals surface area contributed by atoms with Crippen LogP contribution >= 0.6 is 34.5 Å². The van der Waals surface area contributed by atoms with E-state index < -0.39 is 0 Å². The van der Waals surface area contributed by atoms with E-state index >= 15 is 0 Å². The normalized spacial score (nSPS) is 17.4. The number of fused-ring (bicyclic) bond motifs is 3. The smallest absolute Gasteiger partial charge is 0.224 e. The van der Waals surface area contributed by atoms with Crippen LogP contribution in [0, 0.1) is 6.92 Å². The molecule has 4 aliphatic heterocycles. The van der Waals surface area contributed by atoms with Crippen molar-refractivity contribution in [1.82, 2.24) is 14.7 Å². The molecule has 9 nitrogen and oxygen atoms in total. The number of carbonyl (C=O) groups is 1. The van der Waals surface area contributed by atoms with E-state index in [4.69, 9.17) is 32.9 Å².